The number of carbonyl (C=O) groups excluding carboxylic acids is 2. The summed E-state index contributed by atoms with van der Waals surface area (Å²) in [4.78, 5) is 22.3. The predicted octanol–water partition coefficient (Wildman–Crippen LogP) is 7.38. The molecule has 0 bridgehead atoms. The van der Waals surface area contributed by atoms with Crippen LogP contribution in [-0.2, 0) is 0 Å². The number of hydrogen-bond acceptors (Lipinski definition) is 3. The molecule has 0 radical (unpaired) electrons. The van der Waals surface area contributed by atoms with Crippen molar-refractivity contribution in [3.05, 3.63) is 132 Å². The summed E-state index contributed by atoms with van der Waals surface area (Å²) in [6, 6.07) is 34.7. The van der Waals surface area contributed by atoms with Gasteiger partial charge in [-0.25, -0.2) is 0 Å². The Morgan fingerprint density at radius 1 is 0.531 bits per heavy atom. The van der Waals surface area contributed by atoms with Crippen LogP contribution in [0.3, 0.4) is 0 Å². The van der Waals surface area contributed by atoms with E-state index in [9.17, 15) is 9.59 Å². The summed E-state index contributed by atoms with van der Waals surface area (Å²) in [6.45, 7) is 0. The molecular weight excluding hydrogens is 443 g/mol. The number of hydrogen-bond donors (Lipinski definition) is 0. The minimum absolute atomic E-state index is 0.0752. The topological polar surface area (TPSA) is 43.4 Å². The second-order valence-corrected chi connectivity index (χ2v) is 7.76. The number of alkyl halides is 2. The van der Waals surface area contributed by atoms with Gasteiger partial charge >= 0.3 is 0 Å². The SMILES string of the molecule is O=C(c1ccc(Oc2ccccc2)cc1)C(Cl)Cl.O=C(c1ccccc1)c1ccccc1. The summed E-state index contributed by atoms with van der Waals surface area (Å²) in [7, 11) is 0. The summed E-state index contributed by atoms with van der Waals surface area (Å²) in [6.07, 6.45) is 0. The summed E-state index contributed by atoms with van der Waals surface area (Å²) in [5.74, 6) is 1.15. The first-order valence-corrected chi connectivity index (χ1v) is 10.7. The average molecular weight is 463 g/mol. The van der Waals surface area contributed by atoms with E-state index >= 15 is 0 Å². The number of para-hydroxylation sites is 1. The van der Waals surface area contributed by atoms with Crippen LogP contribution in [0.5, 0.6) is 11.5 Å². The van der Waals surface area contributed by atoms with Crippen LogP contribution in [0, 0.1) is 0 Å². The molecule has 0 saturated carbocycles. The third-order valence-electron chi connectivity index (χ3n) is 4.39. The van der Waals surface area contributed by atoms with Gasteiger partial charge in [-0.3, -0.25) is 9.59 Å². The lowest BCUT2D eigenvalue weighted by molar-refractivity contribution is 0.100. The highest BCUT2D eigenvalue weighted by molar-refractivity contribution is 6.55. The normalized spacial score (nSPS) is 10.1. The van der Waals surface area contributed by atoms with Crippen molar-refractivity contribution >= 4 is 34.8 Å². The fourth-order valence-corrected chi connectivity index (χ4v) is 3.04. The fourth-order valence-electron chi connectivity index (χ4n) is 2.78. The molecule has 32 heavy (non-hydrogen) atoms. The summed E-state index contributed by atoms with van der Waals surface area (Å²) >= 11 is 11.0. The van der Waals surface area contributed by atoms with E-state index in [2.05, 4.69) is 0 Å². The summed E-state index contributed by atoms with van der Waals surface area (Å²) < 4.78 is 5.60. The number of ketones is 2. The number of rotatable bonds is 6. The number of benzene rings is 4. The number of halogens is 2. The number of Topliss-reactive ketones (excluding diaryl/α,β-unsaturated/α-hetero) is 1. The highest BCUT2D eigenvalue weighted by Gasteiger charge is 2.14. The van der Waals surface area contributed by atoms with E-state index in [1.54, 1.807) is 24.3 Å². The van der Waals surface area contributed by atoms with Gasteiger partial charge in [0.25, 0.3) is 0 Å². The zero-order valence-electron chi connectivity index (χ0n) is 17.0. The second kappa shape index (κ2) is 11.8. The van der Waals surface area contributed by atoms with E-state index < -0.39 is 4.84 Å². The Bertz CT molecular complexity index is 1090. The zero-order valence-corrected chi connectivity index (χ0v) is 18.5. The predicted molar refractivity (Wildman–Crippen MR) is 129 cm³/mol. The second-order valence-electron chi connectivity index (χ2n) is 6.67. The fraction of sp³-hybridized carbons (Fsp3) is 0.0370. The van der Waals surface area contributed by atoms with Crippen molar-refractivity contribution < 1.29 is 14.3 Å². The molecule has 0 N–H and O–H groups in total. The molecule has 0 atom stereocenters. The molecule has 160 valence electrons. The smallest absolute Gasteiger partial charge is 0.195 e. The van der Waals surface area contributed by atoms with Crippen LogP contribution in [-0.4, -0.2) is 16.4 Å². The lowest BCUT2D eigenvalue weighted by atomic mass is 10.0. The first-order valence-electron chi connectivity index (χ1n) is 9.85. The van der Waals surface area contributed by atoms with Gasteiger partial charge in [-0.15, -0.1) is 0 Å². The van der Waals surface area contributed by atoms with Gasteiger partial charge in [0, 0.05) is 16.7 Å². The van der Waals surface area contributed by atoms with Crippen LogP contribution in [0.2, 0.25) is 0 Å². The molecule has 0 aliphatic heterocycles. The lowest BCUT2D eigenvalue weighted by Crippen LogP contribution is -2.07. The van der Waals surface area contributed by atoms with E-state index in [1.807, 2.05) is 91.0 Å². The quantitative estimate of drug-likeness (QED) is 0.221. The van der Waals surface area contributed by atoms with E-state index in [1.165, 1.54) is 0 Å². The molecule has 0 spiro atoms. The van der Waals surface area contributed by atoms with Crippen molar-refractivity contribution in [3.63, 3.8) is 0 Å². The molecule has 0 heterocycles. The summed E-state index contributed by atoms with van der Waals surface area (Å²) in [5.41, 5.74) is 1.93. The third kappa shape index (κ3) is 6.81. The average Bonchev–Trinajstić information content (AvgIpc) is 2.86. The molecule has 0 aromatic heterocycles. The molecular formula is C27H20Cl2O3. The molecule has 0 saturated heterocycles. The van der Waals surface area contributed by atoms with Crippen LogP contribution in [0.15, 0.2) is 115 Å². The van der Waals surface area contributed by atoms with E-state index in [0.717, 1.165) is 16.9 Å². The van der Waals surface area contributed by atoms with Gasteiger partial charge in [0.2, 0.25) is 0 Å². The molecule has 3 nitrogen and oxygen atoms in total. The van der Waals surface area contributed by atoms with Gasteiger partial charge in [-0.2, -0.15) is 0 Å². The zero-order chi connectivity index (χ0) is 22.8. The highest BCUT2D eigenvalue weighted by Crippen LogP contribution is 2.22. The molecule has 0 amide bonds. The van der Waals surface area contributed by atoms with Crippen molar-refractivity contribution in [1.29, 1.82) is 0 Å². The van der Waals surface area contributed by atoms with Crippen molar-refractivity contribution in [1.82, 2.24) is 0 Å². The molecule has 0 aliphatic carbocycles. The first-order chi connectivity index (χ1) is 15.5. The maximum atomic E-state index is 11.8. The van der Waals surface area contributed by atoms with E-state index in [4.69, 9.17) is 27.9 Å². The van der Waals surface area contributed by atoms with Crippen molar-refractivity contribution in [2.45, 2.75) is 4.84 Å². The number of ether oxygens (including phenoxy) is 1. The molecule has 0 aliphatic rings. The Balaban J connectivity index is 0.000000186. The minimum atomic E-state index is -1.04. The molecule has 0 unspecified atom stereocenters. The standard InChI is InChI=1S/C14H10Cl2O2.C13H10O/c15-14(16)13(17)10-6-8-12(9-7-10)18-11-4-2-1-3-5-11;14-13(11-7-3-1-4-8-11)12-9-5-2-6-10-12/h1-9,14H;1-10H. The third-order valence-corrected chi connectivity index (χ3v) is 4.78. The van der Waals surface area contributed by atoms with Crippen molar-refractivity contribution in [3.8, 4) is 11.5 Å². The Morgan fingerprint density at radius 3 is 1.38 bits per heavy atom. The first kappa shape index (κ1) is 23.3. The van der Waals surface area contributed by atoms with Gasteiger partial charge in [0.1, 0.15) is 11.5 Å². The van der Waals surface area contributed by atoms with Crippen LogP contribution in [0.25, 0.3) is 0 Å². The Kier molecular flexibility index (Phi) is 8.61. The van der Waals surface area contributed by atoms with Crippen LogP contribution in [0.4, 0.5) is 0 Å². The van der Waals surface area contributed by atoms with Crippen molar-refractivity contribution in [2.75, 3.05) is 0 Å². The minimum Gasteiger partial charge on any atom is -0.457 e. The molecule has 4 aromatic carbocycles. The lowest BCUT2D eigenvalue weighted by Gasteiger charge is -2.06. The van der Waals surface area contributed by atoms with Crippen LogP contribution >= 0.6 is 23.2 Å². The number of carbonyl (C=O) groups is 2. The molecule has 0 fully saturated rings. The molecule has 4 rings (SSSR count). The molecule has 5 heteroatoms. The van der Waals surface area contributed by atoms with Gasteiger partial charge in [0.15, 0.2) is 16.4 Å². The highest BCUT2D eigenvalue weighted by atomic mass is 35.5. The largest absolute Gasteiger partial charge is 0.457 e. The van der Waals surface area contributed by atoms with Crippen LogP contribution in [0.1, 0.15) is 26.3 Å². The van der Waals surface area contributed by atoms with Crippen molar-refractivity contribution in [2.24, 2.45) is 0 Å². The van der Waals surface area contributed by atoms with Gasteiger partial charge in [-0.1, -0.05) is 102 Å². The molecule has 4 aromatic rings. The maximum absolute atomic E-state index is 11.8. The van der Waals surface area contributed by atoms with Gasteiger partial charge in [-0.05, 0) is 36.4 Å². The maximum Gasteiger partial charge on any atom is 0.195 e. The van der Waals surface area contributed by atoms with E-state index in [0.29, 0.717) is 11.3 Å². The van der Waals surface area contributed by atoms with Gasteiger partial charge < -0.3 is 4.74 Å². The monoisotopic (exact) mass is 462 g/mol. The Morgan fingerprint density at radius 2 is 0.938 bits per heavy atom. The van der Waals surface area contributed by atoms with Crippen LogP contribution < -0.4 is 4.74 Å². The Labute approximate surface area is 197 Å². The summed E-state index contributed by atoms with van der Waals surface area (Å²) in [5, 5.41) is 0. The Hall–Kier alpha value is -3.40. The van der Waals surface area contributed by atoms with Gasteiger partial charge in [0.05, 0.1) is 0 Å². The van der Waals surface area contributed by atoms with E-state index in [-0.39, 0.29) is 11.6 Å².